The maximum atomic E-state index is 12.0. The van der Waals surface area contributed by atoms with Crippen molar-refractivity contribution in [2.45, 2.75) is 26.9 Å². The van der Waals surface area contributed by atoms with Crippen molar-refractivity contribution in [3.63, 3.8) is 0 Å². The molecule has 0 saturated heterocycles. The van der Waals surface area contributed by atoms with E-state index in [1.807, 2.05) is 37.3 Å². The minimum absolute atomic E-state index is 0.195. The summed E-state index contributed by atoms with van der Waals surface area (Å²) in [4.78, 5) is 12.0. The van der Waals surface area contributed by atoms with Crippen LogP contribution in [0.1, 0.15) is 22.3 Å². The first-order valence-corrected chi connectivity index (χ1v) is 8.12. The maximum absolute atomic E-state index is 12.0. The monoisotopic (exact) mass is 376 g/mol. The van der Waals surface area contributed by atoms with Gasteiger partial charge in [0.15, 0.2) is 11.5 Å². The largest absolute Gasteiger partial charge is 0.461 e. The van der Waals surface area contributed by atoms with Crippen LogP contribution in [0.15, 0.2) is 34.8 Å². The highest BCUT2D eigenvalue weighted by Crippen LogP contribution is 2.37. The molecule has 0 saturated carbocycles. The van der Waals surface area contributed by atoms with Crippen molar-refractivity contribution in [3.05, 3.63) is 57.1 Å². The van der Waals surface area contributed by atoms with Crippen LogP contribution in [0.5, 0.6) is 11.5 Å². The summed E-state index contributed by atoms with van der Waals surface area (Å²) in [6.45, 7) is 4.50. The zero-order valence-corrected chi connectivity index (χ0v) is 14.6. The number of rotatable bonds is 4. The molecule has 5 heteroatoms. The molecule has 3 rings (SSSR count). The molecular weight excluding hydrogens is 360 g/mol. The summed E-state index contributed by atoms with van der Waals surface area (Å²) in [6.07, 6.45) is 0.267. The lowest BCUT2D eigenvalue weighted by Gasteiger charge is -2.09. The number of carbonyl (C=O) groups excluding carboxylic acids is 1. The Morgan fingerprint density at radius 3 is 2.61 bits per heavy atom. The van der Waals surface area contributed by atoms with Gasteiger partial charge < -0.3 is 14.2 Å². The SMILES string of the molecule is Cc1ccc(CC(=O)OCc2cc3c(cc2Br)OCO3)cc1C. The highest BCUT2D eigenvalue weighted by Gasteiger charge is 2.17. The first kappa shape index (κ1) is 15.9. The van der Waals surface area contributed by atoms with Gasteiger partial charge in [-0.25, -0.2) is 0 Å². The van der Waals surface area contributed by atoms with E-state index >= 15 is 0 Å². The molecule has 2 aromatic rings. The molecular formula is C18H17BrO4. The fraction of sp³-hybridized carbons (Fsp3) is 0.278. The zero-order valence-electron chi connectivity index (χ0n) is 13.0. The molecule has 23 heavy (non-hydrogen) atoms. The van der Waals surface area contributed by atoms with Gasteiger partial charge in [0.1, 0.15) is 6.61 Å². The molecule has 0 aliphatic carbocycles. The van der Waals surface area contributed by atoms with Crippen LogP contribution < -0.4 is 9.47 Å². The molecule has 0 amide bonds. The summed E-state index contributed by atoms with van der Waals surface area (Å²) in [5.74, 6) is 1.12. The van der Waals surface area contributed by atoms with E-state index in [4.69, 9.17) is 14.2 Å². The van der Waals surface area contributed by atoms with Gasteiger partial charge >= 0.3 is 5.97 Å². The molecule has 0 atom stereocenters. The standard InChI is InChI=1S/C18H17BrO4/c1-11-3-4-13(5-12(11)2)6-18(20)21-9-14-7-16-17(8-15(14)19)23-10-22-16/h3-5,7-8H,6,9-10H2,1-2H3. The Morgan fingerprint density at radius 1 is 1.13 bits per heavy atom. The van der Waals surface area contributed by atoms with Crippen molar-refractivity contribution >= 4 is 21.9 Å². The lowest BCUT2D eigenvalue weighted by molar-refractivity contribution is -0.144. The van der Waals surface area contributed by atoms with Crippen LogP contribution in [0.25, 0.3) is 0 Å². The molecule has 0 fully saturated rings. The second-order valence-corrected chi connectivity index (χ2v) is 6.41. The number of halogens is 1. The van der Waals surface area contributed by atoms with E-state index in [-0.39, 0.29) is 25.8 Å². The average molecular weight is 377 g/mol. The summed E-state index contributed by atoms with van der Waals surface area (Å²) in [6, 6.07) is 9.66. The number of aryl methyl sites for hydroxylation is 2. The van der Waals surface area contributed by atoms with Gasteiger partial charge in [-0.05, 0) is 42.7 Å². The molecule has 0 spiro atoms. The zero-order chi connectivity index (χ0) is 16.4. The molecule has 1 heterocycles. The van der Waals surface area contributed by atoms with Crippen molar-refractivity contribution in [2.75, 3.05) is 6.79 Å². The third kappa shape index (κ3) is 3.67. The first-order valence-electron chi connectivity index (χ1n) is 7.32. The predicted octanol–water partition coefficient (Wildman–Crippen LogP) is 4.08. The van der Waals surface area contributed by atoms with E-state index in [1.54, 1.807) is 0 Å². The quantitative estimate of drug-likeness (QED) is 0.754. The molecule has 1 aliphatic rings. The van der Waals surface area contributed by atoms with E-state index in [2.05, 4.69) is 22.9 Å². The van der Waals surface area contributed by atoms with Gasteiger partial charge in [-0.1, -0.05) is 34.1 Å². The van der Waals surface area contributed by atoms with Crippen LogP contribution in [0, 0.1) is 13.8 Å². The van der Waals surface area contributed by atoms with Crippen LogP contribution in [0.2, 0.25) is 0 Å². The molecule has 4 nitrogen and oxygen atoms in total. The molecule has 0 unspecified atom stereocenters. The van der Waals surface area contributed by atoms with Crippen LogP contribution in [-0.4, -0.2) is 12.8 Å². The number of fused-ring (bicyclic) bond motifs is 1. The van der Waals surface area contributed by atoms with E-state index < -0.39 is 0 Å². The predicted molar refractivity (Wildman–Crippen MR) is 89.7 cm³/mol. The van der Waals surface area contributed by atoms with Gasteiger partial charge in [0.05, 0.1) is 6.42 Å². The summed E-state index contributed by atoms with van der Waals surface area (Å²) in [5, 5.41) is 0. The fourth-order valence-corrected chi connectivity index (χ4v) is 2.80. The molecule has 1 aliphatic heterocycles. The van der Waals surface area contributed by atoms with Crippen molar-refractivity contribution in [1.29, 1.82) is 0 Å². The number of benzene rings is 2. The van der Waals surface area contributed by atoms with Crippen molar-refractivity contribution in [3.8, 4) is 11.5 Å². The molecule has 0 radical (unpaired) electrons. The average Bonchev–Trinajstić information content (AvgIpc) is 2.95. The van der Waals surface area contributed by atoms with Crippen LogP contribution in [0.3, 0.4) is 0 Å². The van der Waals surface area contributed by atoms with Crippen LogP contribution >= 0.6 is 15.9 Å². The second kappa shape index (κ2) is 6.62. The second-order valence-electron chi connectivity index (χ2n) is 5.55. The Labute approximate surface area is 143 Å². The Balaban J connectivity index is 1.62. The lowest BCUT2D eigenvalue weighted by Crippen LogP contribution is -2.08. The van der Waals surface area contributed by atoms with Gasteiger partial charge in [0.2, 0.25) is 6.79 Å². The van der Waals surface area contributed by atoms with Crippen molar-refractivity contribution < 1.29 is 19.0 Å². The topological polar surface area (TPSA) is 44.8 Å². The lowest BCUT2D eigenvalue weighted by atomic mass is 10.0. The summed E-state index contributed by atoms with van der Waals surface area (Å²) >= 11 is 3.46. The normalized spacial score (nSPS) is 12.3. The number of ether oxygens (including phenoxy) is 3. The third-order valence-electron chi connectivity index (χ3n) is 3.85. The van der Waals surface area contributed by atoms with E-state index in [9.17, 15) is 4.79 Å². The van der Waals surface area contributed by atoms with Crippen molar-refractivity contribution in [1.82, 2.24) is 0 Å². The number of esters is 1. The first-order chi connectivity index (χ1) is 11.0. The summed E-state index contributed by atoms with van der Waals surface area (Å²) in [5.41, 5.74) is 4.20. The van der Waals surface area contributed by atoms with Crippen molar-refractivity contribution in [2.24, 2.45) is 0 Å². The number of carbonyl (C=O) groups is 1. The van der Waals surface area contributed by atoms with Gasteiger partial charge in [0, 0.05) is 10.0 Å². The highest BCUT2D eigenvalue weighted by atomic mass is 79.9. The summed E-state index contributed by atoms with van der Waals surface area (Å²) in [7, 11) is 0. The Bertz CT molecular complexity index is 755. The minimum Gasteiger partial charge on any atom is -0.461 e. The molecule has 0 bridgehead atoms. The third-order valence-corrected chi connectivity index (χ3v) is 4.59. The van der Waals surface area contributed by atoms with E-state index in [0.717, 1.165) is 15.6 Å². The minimum atomic E-state index is -0.252. The molecule has 120 valence electrons. The van der Waals surface area contributed by atoms with E-state index in [1.165, 1.54) is 11.1 Å². The van der Waals surface area contributed by atoms with Crippen LogP contribution in [0.4, 0.5) is 0 Å². The Hall–Kier alpha value is -2.01. The maximum Gasteiger partial charge on any atom is 0.310 e. The fourth-order valence-electron chi connectivity index (χ4n) is 2.36. The molecule has 2 aromatic carbocycles. The van der Waals surface area contributed by atoms with E-state index in [0.29, 0.717) is 11.5 Å². The number of hydrogen-bond acceptors (Lipinski definition) is 4. The van der Waals surface area contributed by atoms with Gasteiger partial charge in [-0.15, -0.1) is 0 Å². The Kier molecular flexibility index (Phi) is 4.57. The van der Waals surface area contributed by atoms with Crippen LogP contribution in [-0.2, 0) is 22.6 Å². The highest BCUT2D eigenvalue weighted by molar-refractivity contribution is 9.10. The summed E-state index contributed by atoms with van der Waals surface area (Å²) < 4.78 is 16.8. The molecule has 0 aromatic heterocycles. The van der Waals surface area contributed by atoms with Gasteiger partial charge in [-0.2, -0.15) is 0 Å². The molecule has 0 N–H and O–H groups in total. The number of hydrogen-bond donors (Lipinski definition) is 0. The smallest absolute Gasteiger partial charge is 0.310 e. The van der Waals surface area contributed by atoms with Gasteiger partial charge in [-0.3, -0.25) is 4.79 Å². The Morgan fingerprint density at radius 2 is 1.87 bits per heavy atom. The van der Waals surface area contributed by atoms with Gasteiger partial charge in [0.25, 0.3) is 0 Å².